The Morgan fingerprint density at radius 1 is 1.44 bits per heavy atom. The Bertz CT molecular complexity index is 673. The number of benzene rings is 1. The van der Waals surface area contributed by atoms with E-state index in [-0.39, 0.29) is 20.7 Å². The molecule has 0 fully saturated rings. The van der Waals surface area contributed by atoms with Crippen molar-refractivity contribution >= 4 is 37.3 Å². The third kappa shape index (κ3) is 2.46. The predicted octanol–water partition coefficient (Wildman–Crippen LogP) is 1.96. The van der Waals surface area contributed by atoms with Crippen molar-refractivity contribution in [1.82, 2.24) is 5.16 Å². The Kier molecular flexibility index (Phi) is 3.26. The van der Waals surface area contributed by atoms with E-state index in [1.54, 1.807) is 0 Å². The molecule has 1 heterocycles. The molecule has 0 bridgehead atoms. The van der Waals surface area contributed by atoms with Gasteiger partial charge in [0.25, 0.3) is 10.0 Å². The zero-order valence-corrected chi connectivity index (χ0v) is 11.1. The fourth-order valence-corrected chi connectivity index (χ4v) is 3.29. The lowest BCUT2D eigenvalue weighted by atomic mass is 10.3. The van der Waals surface area contributed by atoms with E-state index in [1.807, 2.05) is 0 Å². The van der Waals surface area contributed by atoms with Gasteiger partial charge in [-0.15, -0.1) is 0 Å². The molecular formula is C9H7BrFN3O3S. The van der Waals surface area contributed by atoms with E-state index >= 15 is 0 Å². The molecule has 2 rings (SSSR count). The second-order valence-corrected chi connectivity index (χ2v) is 5.83. The Hall–Kier alpha value is -1.61. The van der Waals surface area contributed by atoms with E-state index in [1.165, 1.54) is 6.20 Å². The van der Waals surface area contributed by atoms with Gasteiger partial charge in [0.05, 0.1) is 11.9 Å². The van der Waals surface area contributed by atoms with E-state index < -0.39 is 15.8 Å². The second kappa shape index (κ2) is 4.58. The summed E-state index contributed by atoms with van der Waals surface area (Å²) in [7, 11) is -3.90. The van der Waals surface area contributed by atoms with Gasteiger partial charge in [0.15, 0.2) is 0 Å². The van der Waals surface area contributed by atoms with Crippen LogP contribution in [0.2, 0.25) is 0 Å². The Morgan fingerprint density at radius 3 is 2.78 bits per heavy atom. The van der Waals surface area contributed by atoms with E-state index in [4.69, 9.17) is 5.73 Å². The summed E-state index contributed by atoms with van der Waals surface area (Å²) in [5, 5.41) is 3.36. The lowest BCUT2D eigenvalue weighted by Gasteiger charge is -2.08. The van der Waals surface area contributed by atoms with Gasteiger partial charge in [0.2, 0.25) is 0 Å². The summed E-state index contributed by atoms with van der Waals surface area (Å²) in [6.07, 6.45) is 2.32. The molecule has 9 heteroatoms. The molecule has 3 N–H and O–H groups in total. The highest BCUT2D eigenvalue weighted by Gasteiger charge is 2.20. The maximum absolute atomic E-state index is 13.1. The monoisotopic (exact) mass is 335 g/mol. The molecule has 0 aliphatic rings. The molecule has 0 aliphatic carbocycles. The second-order valence-electron chi connectivity index (χ2n) is 3.32. The minimum Gasteiger partial charge on any atom is -0.396 e. The van der Waals surface area contributed by atoms with Crippen LogP contribution >= 0.6 is 15.9 Å². The van der Waals surface area contributed by atoms with Crippen molar-refractivity contribution in [1.29, 1.82) is 0 Å². The SMILES string of the molecule is Nc1cc(S(=O)(=O)Nc2cnoc2)c(Br)cc1F. The number of sulfonamides is 1. The van der Waals surface area contributed by atoms with Crippen LogP contribution < -0.4 is 10.5 Å². The molecule has 0 spiro atoms. The van der Waals surface area contributed by atoms with Crippen LogP contribution in [-0.4, -0.2) is 13.6 Å². The minimum atomic E-state index is -3.90. The minimum absolute atomic E-state index is 0.0677. The van der Waals surface area contributed by atoms with Gasteiger partial charge >= 0.3 is 0 Å². The third-order valence-electron chi connectivity index (χ3n) is 2.03. The molecule has 0 aliphatic heterocycles. The number of nitrogens with two attached hydrogens (primary N) is 1. The van der Waals surface area contributed by atoms with Crippen LogP contribution in [0.1, 0.15) is 0 Å². The van der Waals surface area contributed by atoms with Gasteiger partial charge in [0, 0.05) is 4.47 Å². The number of halogens is 2. The standard InChI is InChI=1S/C9H7BrFN3O3S/c10-6-1-7(11)8(12)2-9(6)18(15,16)14-5-3-13-17-4-5/h1-4,14H,12H2. The number of nitrogen functional groups attached to an aromatic ring is 1. The number of nitrogens with one attached hydrogen (secondary N) is 1. The molecule has 0 atom stereocenters. The third-order valence-corrected chi connectivity index (χ3v) is 4.37. The van der Waals surface area contributed by atoms with Crippen LogP contribution in [-0.2, 0) is 10.0 Å². The van der Waals surface area contributed by atoms with Crippen LogP contribution in [0.3, 0.4) is 0 Å². The van der Waals surface area contributed by atoms with Gasteiger partial charge < -0.3 is 10.3 Å². The summed E-state index contributed by atoms with van der Waals surface area (Å²) < 4.78 is 43.9. The molecule has 18 heavy (non-hydrogen) atoms. The molecular weight excluding hydrogens is 329 g/mol. The van der Waals surface area contributed by atoms with Crippen LogP contribution in [0.5, 0.6) is 0 Å². The van der Waals surface area contributed by atoms with Crippen molar-refractivity contribution < 1.29 is 17.3 Å². The highest BCUT2D eigenvalue weighted by molar-refractivity contribution is 9.10. The van der Waals surface area contributed by atoms with Crippen molar-refractivity contribution in [2.24, 2.45) is 0 Å². The number of aromatic nitrogens is 1. The fourth-order valence-electron chi connectivity index (χ4n) is 1.22. The summed E-state index contributed by atoms with van der Waals surface area (Å²) >= 11 is 2.97. The lowest BCUT2D eigenvalue weighted by Crippen LogP contribution is -2.13. The van der Waals surface area contributed by atoms with E-state index in [0.717, 1.165) is 18.4 Å². The van der Waals surface area contributed by atoms with Crippen LogP contribution in [0, 0.1) is 5.82 Å². The van der Waals surface area contributed by atoms with E-state index in [9.17, 15) is 12.8 Å². The smallest absolute Gasteiger partial charge is 0.263 e. The zero-order chi connectivity index (χ0) is 13.3. The summed E-state index contributed by atoms with van der Waals surface area (Å²) in [5.41, 5.74) is 5.24. The number of anilines is 2. The Balaban J connectivity index is 2.44. The molecule has 0 saturated carbocycles. The normalized spacial score (nSPS) is 11.4. The highest BCUT2D eigenvalue weighted by Crippen LogP contribution is 2.28. The van der Waals surface area contributed by atoms with Crippen LogP contribution in [0.15, 0.2) is 38.5 Å². The molecule has 96 valence electrons. The number of nitrogens with zero attached hydrogens (tertiary/aromatic N) is 1. The van der Waals surface area contributed by atoms with Crippen LogP contribution in [0.25, 0.3) is 0 Å². The molecule has 1 aromatic carbocycles. The summed E-state index contributed by atoms with van der Waals surface area (Å²) in [6, 6.07) is 2.01. The maximum atomic E-state index is 13.1. The molecule has 0 radical (unpaired) electrons. The van der Waals surface area contributed by atoms with Crippen molar-refractivity contribution in [2.75, 3.05) is 10.5 Å². The van der Waals surface area contributed by atoms with E-state index in [2.05, 4.69) is 30.3 Å². The maximum Gasteiger partial charge on any atom is 0.263 e. The average molecular weight is 336 g/mol. The van der Waals surface area contributed by atoms with Gasteiger partial charge in [0.1, 0.15) is 22.7 Å². The summed E-state index contributed by atoms with van der Waals surface area (Å²) in [4.78, 5) is -0.178. The lowest BCUT2D eigenvalue weighted by molar-refractivity contribution is 0.420. The Labute approximate surface area is 110 Å². The molecule has 1 aromatic heterocycles. The van der Waals surface area contributed by atoms with Gasteiger partial charge in [-0.05, 0) is 28.1 Å². The van der Waals surface area contributed by atoms with Crippen molar-refractivity contribution in [2.45, 2.75) is 4.90 Å². The summed E-state index contributed by atoms with van der Waals surface area (Å²) in [5.74, 6) is -0.703. The van der Waals surface area contributed by atoms with Gasteiger partial charge in [-0.25, -0.2) is 12.8 Å². The number of rotatable bonds is 3. The number of hydrogen-bond donors (Lipinski definition) is 2. The summed E-state index contributed by atoms with van der Waals surface area (Å²) in [6.45, 7) is 0. The topological polar surface area (TPSA) is 98.2 Å². The Morgan fingerprint density at radius 2 is 2.17 bits per heavy atom. The zero-order valence-electron chi connectivity index (χ0n) is 8.72. The average Bonchev–Trinajstić information content (AvgIpc) is 2.75. The van der Waals surface area contributed by atoms with E-state index in [0.29, 0.717) is 0 Å². The highest BCUT2D eigenvalue weighted by atomic mass is 79.9. The largest absolute Gasteiger partial charge is 0.396 e. The van der Waals surface area contributed by atoms with Gasteiger partial charge in [-0.2, -0.15) is 0 Å². The predicted molar refractivity (Wildman–Crippen MR) is 65.8 cm³/mol. The molecule has 0 unspecified atom stereocenters. The van der Waals surface area contributed by atoms with Crippen molar-refractivity contribution in [3.05, 3.63) is 34.9 Å². The number of hydrogen-bond acceptors (Lipinski definition) is 5. The molecule has 0 saturated heterocycles. The first kappa shape index (κ1) is 12.8. The quantitative estimate of drug-likeness (QED) is 0.835. The molecule has 6 nitrogen and oxygen atoms in total. The van der Waals surface area contributed by atoms with Crippen molar-refractivity contribution in [3.63, 3.8) is 0 Å². The first-order valence-corrected chi connectivity index (χ1v) is 6.84. The molecule has 2 aromatic rings. The van der Waals surface area contributed by atoms with Crippen LogP contribution in [0.4, 0.5) is 15.8 Å². The van der Waals surface area contributed by atoms with Crippen molar-refractivity contribution in [3.8, 4) is 0 Å². The fraction of sp³-hybridized carbons (Fsp3) is 0. The van der Waals surface area contributed by atoms with Gasteiger partial charge in [-0.3, -0.25) is 4.72 Å². The van der Waals surface area contributed by atoms with Gasteiger partial charge in [-0.1, -0.05) is 5.16 Å². The molecule has 0 amide bonds. The first-order valence-electron chi connectivity index (χ1n) is 4.57. The first-order chi connectivity index (χ1) is 8.40.